The van der Waals surface area contributed by atoms with Gasteiger partial charge in [-0.2, -0.15) is 0 Å². The highest BCUT2D eigenvalue weighted by molar-refractivity contribution is 5.79. The van der Waals surface area contributed by atoms with Gasteiger partial charge >= 0.3 is 5.63 Å². The van der Waals surface area contributed by atoms with Gasteiger partial charge in [-0.05, 0) is 23.8 Å². The maximum atomic E-state index is 12.1. The SMILES string of the molecule is O=C1C[C@H](c2c(O)cc(/C=C/c3ccc(O)c(O)c3)oc2=O)CN1. The Bertz CT molecular complexity index is 883. The molecule has 2 heterocycles. The molecule has 1 aliphatic rings. The summed E-state index contributed by atoms with van der Waals surface area (Å²) in [6.45, 7) is 0.291. The molecular weight excluding hydrogens is 314 g/mol. The Kier molecular flexibility index (Phi) is 3.99. The van der Waals surface area contributed by atoms with Crippen LogP contribution in [0.25, 0.3) is 12.2 Å². The van der Waals surface area contributed by atoms with Gasteiger partial charge in [0.15, 0.2) is 11.5 Å². The Morgan fingerprint density at radius 3 is 2.46 bits per heavy atom. The van der Waals surface area contributed by atoms with Crippen LogP contribution in [0.1, 0.15) is 29.2 Å². The molecule has 1 saturated heterocycles. The first-order chi connectivity index (χ1) is 11.4. The maximum Gasteiger partial charge on any atom is 0.343 e. The number of benzene rings is 1. The van der Waals surface area contributed by atoms with Gasteiger partial charge in [0.2, 0.25) is 5.91 Å². The molecular formula is C17H15NO6. The second-order valence-electron chi connectivity index (χ2n) is 5.52. The van der Waals surface area contributed by atoms with Crippen LogP contribution in [0.2, 0.25) is 0 Å². The van der Waals surface area contributed by atoms with E-state index in [4.69, 9.17) is 4.42 Å². The van der Waals surface area contributed by atoms with Gasteiger partial charge in [-0.1, -0.05) is 12.1 Å². The van der Waals surface area contributed by atoms with Crippen molar-refractivity contribution in [3.8, 4) is 17.2 Å². The van der Waals surface area contributed by atoms with Crippen LogP contribution in [0, 0.1) is 0 Å². The first kappa shape index (κ1) is 15.7. The molecule has 1 fully saturated rings. The molecule has 0 bridgehead atoms. The van der Waals surface area contributed by atoms with E-state index in [-0.39, 0.29) is 40.9 Å². The first-order valence-corrected chi connectivity index (χ1v) is 7.28. The van der Waals surface area contributed by atoms with Crippen LogP contribution >= 0.6 is 0 Å². The van der Waals surface area contributed by atoms with Crippen LogP contribution in [0.3, 0.4) is 0 Å². The Balaban J connectivity index is 1.87. The Labute approximate surface area is 136 Å². The maximum absolute atomic E-state index is 12.1. The third kappa shape index (κ3) is 3.10. The Morgan fingerprint density at radius 2 is 1.83 bits per heavy atom. The molecule has 4 N–H and O–H groups in total. The number of carbonyl (C=O) groups is 1. The van der Waals surface area contributed by atoms with Gasteiger partial charge in [-0.15, -0.1) is 0 Å². The van der Waals surface area contributed by atoms with Crippen LogP contribution < -0.4 is 10.9 Å². The monoisotopic (exact) mass is 329 g/mol. The minimum absolute atomic E-state index is 0.0905. The number of carbonyl (C=O) groups excluding carboxylic acids is 1. The van der Waals surface area contributed by atoms with Gasteiger partial charge in [-0.25, -0.2) is 4.79 Å². The Morgan fingerprint density at radius 1 is 1.04 bits per heavy atom. The summed E-state index contributed by atoms with van der Waals surface area (Å²) in [4.78, 5) is 23.3. The van der Waals surface area contributed by atoms with Crippen molar-refractivity contribution in [3.05, 3.63) is 51.6 Å². The third-order valence-corrected chi connectivity index (χ3v) is 3.81. The number of hydrogen-bond acceptors (Lipinski definition) is 6. The molecule has 3 rings (SSSR count). The normalized spacial score (nSPS) is 17.3. The summed E-state index contributed by atoms with van der Waals surface area (Å²) in [7, 11) is 0. The molecule has 0 spiro atoms. The molecule has 2 aromatic rings. The van der Waals surface area contributed by atoms with Crippen molar-refractivity contribution in [2.75, 3.05) is 6.54 Å². The van der Waals surface area contributed by atoms with E-state index in [0.717, 1.165) is 0 Å². The molecule has 0 saturated carbocycles. The van der Waals surface area contributed by atoms with Crippen LogP contribution in [0.15, 0.2) is 33.5 Å². The summed E-state index contributed by atoms with van der Waals surface area (Å²) < 4.78 is 5.16. The molecule has 0 aliphatic carbocycles. The van der Waals surface area contributed by atoms with Crippen molar-refractivity contribution >= 4 is 18.1 Å². The molecule has 1 aromatic carbocycles. The lowest BCUT2D eigenvalue weighted by Crippen LogP contribution is -2.16. The van der Waals surface area contributed by atoms with E-state index in [1.165, 1.54) is 24.3 Å². The van der Waals surface area contributed by atoms with E-state index < -0.39 is 11.5 Å². The summed E-state index contributed by atoms with van der Waals surface area (Å²) >= 11 is 0. The van der Waals surface area contributed by atoms with Gasteiger partial charge in [0.1, 0.15) is 11.5 Å². The lowest BCUT2D eigenvalue weighted by molar-refractivity contribution is -0.119. The van der Waals surface area contributed by atoms with Crippen LogP contribution in [-0.2, 0) is 4.79 Å². The standard InChI is InChI=1S/C17H15NO6/c19-12-4-2-9(5-13(12)20)1-3-11-7-14(21)16(17(23)24-11)10-6-15(22)18-8-10/h1-5,7,10,19-21H,6,8H2,(H,18,22)/b3-1+/t10-/m0/s1. The minimum Gasteiger partial charge on any atom is -0.507 e. The molecule has 1 aromatic heterocycles. The summed E-state index contributed by atoms with van der Waals surface area (Å²) in [5, 5.41) is 31.4. The van der Waals surface area contributed by atoms with Crippen molar-refractivity contribution in [3.63, 3.8) is 0 Å². The zero-order valence-corrected chi connectivity index (χ0v) is 12.5. The van der Waals surface area contributed by atoms with Crippen LogP contribution in [0.4, 0.5) is 0 Å². The number of aromatic hydroxyl groups is 3. The van der Waals surface area contributed by atoms with E-state index >= 15 is 0 Å². The Hall–Kier alpha value is -3.22. The second-order valence-corrected chi connectivity index (χ2v) is 5.52. The molecule has 24 heavy (non-hydrogen) atoms. The fourth-order valence-corrected chi connectivity index (χ4v) is 2.60. The average molecular weight is 329 g/mol. The quantitative estimate of drug-likeness (QED) is 0.634. The predicted octanol–water partition coefficient (Wildman–Crippen LogP) is 1.53. The van der Waals surface area contributed by atoms with Gasteiger partial charge < -0.3 is 25.1 Å². The van der Waals surface area contributed by atoms with E-state index in [0.29, 0.717) is 12.1 Å². The predicted molar refractivity (Wildman–Crippen MR) is 85.7 cm³/mol. The second kappa shape index (κ2) is 6.11. The number of phenolic OH excluding ortho intramolecular Hbond substituents is 2. The van der Waals surface area contributed by atoms with Crippen molar-refractivity contribution < 1.29 is 24.5 Å². The van der Waals surface area contributed by atoms with Gasteiger partial charge in [0.05, 0.1) is 5.56 Å². The van der Waals surface area contributed by atoms with E-state index in [9.17, 15) is 24.9 Å². The topological polar surface area (TPSA) is 120 Å². The highest BCUT2D eigenvalue weighted by Crippen LogP contribution is 2.29. The third-order valence-electron chi connectivity index (χ3n) is 3.81. The average Bonchev–Trinajstić information content (AvgIpc) is 2.94. The molecule has 1 atom stereocenters. The summed E-state index contributed by atoms with van der Waals surface area (Å²) in [5.74, 6) is -1.17. The molecule has 7 heteroatoms. The summed E-state index contributed by atoms with van der Waals surface area (Å²) in [6, 6.07) is 5.54. The zero-order chi connectivity index (χ0) is 17.3. The first-order valence-electron chi connectivity index (χ1n) is 7.28. The smallest absolute Gasteiger partial charge is 0.343 e. The van der Waals surface area contributed by atoms with Crippen LogP contribution in [0.5, 0.6) is 17.2 Å². The van der Waals surface area contributed by atoms with Crippen molar-refractivity contribution in [1.29, 1.82) is 0 Å². The van der Waals surface area contributed by atoms with Gasteiger partial charge in [0.25, 0.3) is 0 Å². The lowest BCUT2D eigenvalue weighted by atomic mass is 9.99. The number of nitrogens with one attached hydrogen (secondary N) is 1. The summed E-state index contributed by atoms with van der Waals surface area (Å²) in [5.41, 5.74) is -0.0282. The fourth-order valence-electron chi connectivity index (χ4n) is 2.60. The zero-order valence-electron chi connectivity index (χ0n) is 12.5. The molecule has 0 radical (unpaired) electrons. The van der Waals surface area contributed by atoms with Gasteiger partial charge in [-0.3, -0.25) is 4.79 Å². The lowest BCUT2D eigenvalue weighted by Gasteiger charge is -2.08. The van der Waals surface area contributed by atoms with Gasteiger partial charge in [0, 0.05) is 24.9 Å². The van der Waals surface area contributed by atoms with E-state index in [1.807, 2.05) is 0 Å². The molecule has 0 unspecified atom stereocenters. The number of amides is 1. The largest absolute Gasteiger partial charge is 0.507 e. The molecule has 124 valence electrons. The molecule has 1 aliphatic heterocycles. The van der Waals surface area contributed by atoms with Crippen molar-refractivity contribution in [2.24, 2.45) is 0 Å². The number of phenols is 2. The fraction of sp³-hybridized carbons (Fsp3) is 0.176. The van der Waals surface area contributed by atoms with Crippen LogP contribution in [-0.4, -0.2) is 27.8 Å². The summed E-state index contributed by atoms with van der Waals surface area (Å²) in [6.07, 6.45) is 3.15. The highest BCUT2D eigenvalue weighted by Gasteiger charge is 2.28. The molecule has 1 amide bonds. The minimum atomic E-state index is -0.690. The van der Waals surface area contributed by atoms with E-state index in [1.54, 1.807) is 12.1 Å². The van der Waals surface area contributed by atoms with E-state index in [2.05, 4.69) is 5.32 Å². The number of hydrogen-bond donors (Lipinski definition) is 4. The molecule has 7 nitrogen and oxygen atoms in total. The van der Waals surface area contributed by atoms with Crippen molar-refractivity contribution in [2.45, 2.75) is 12.3 Å². The highest BCUT2D eigenvalue weighted by atomic mass is 16.4. The number of rotatable bonds is 3. The van der Waals surface area contributed by atoms with Crippen molar-refractivity contribution in [1.82, 2.24) is 5.32 Å².